The number of rotatable bonds is 1. The maximum absolute atomic E-state index is 9.15. The Morgan fingerprint density at radius 1 is 2.00 bits per heavy atom. The Kier molecular flexibility index (Phi) is 18.1. The summed E-state index contributed by atoms with van der Waals surface area (Å²) in [6.45, 7) is 0. The molecule has 0 aliphatic rings. The smallest absolute Gasteiger partial charge is 1.00 e. The molecule has 0 atom stereocenters. The Balaban J connectivity index is -0.0000000450. The molecule has 0 aliphatic carbocycles. The van der Waals surface area contributed by atoms with Gasteiger partial charge in [-0.2, -0.15) is 0 Å². The molecule has 2 N–H and O–H groups in total. The predicted molar refractivity (Wildman–Crippen MR) is 17.8 cm³/mol. The molecule has 0 aromatic carbocycles. The second-order valence-corrected chi connectivity index (χ2v) is 0.935. The largest absolute Gasteiger partial charge is 1.00 e. The van der Waals surface area contributed by atoms with Crippen molar-refractivity contribution in [3.8, 4) is 0 Å². The van der Waals surface area contributed by atoms with Crippen LogP contribution in [0.5, 0.6) is 0 Å². The van der Waals surface area contributed by atoms with Crippen LogP contribution in [0.15, 0.2) is 0 Å². The molecule has 0 aromatic rings. The van der Waals surface area contributed by atoms with E-state index in [-0.39, 0.29) is 67.6 Å². The summed E-state index contributed by atoms with van der Waals surface area (Å²) in [7, 11) is 0.0262. The number of hydrogen-bond donors (Lipinski definition) is 1. The van der Waals surface area contributed by atoms with Crippen LogP contribution in [0.25, 0.3) is 0 Å². The summed E-state index contributed by atoms with van der Waals surface area (Å²) < 4.78 is 9.15. The van der Waals surface area contributed by atoms with Gasteiger partial charge in [-0.1, -0.05) is 0 Å². The number of hydrogen-bond acceptors (Lipinski definition) is 2. The molecule has 0 aromatic heterocycles. The van der Waals surface area contributed by atoms with Crippen molar-refractivity contribution in [1.29, 1.82) is 0 Å². The van der Waals surface area contributed by atoms with Crippen molar-refractivity contribution in [2.45, 2.75) is 0 Å². The summed E-state index contributed by atoms with van der Waals surface area (Å²) in [5.41, 5.74) is 4.70. The van der Waals surface area contributed by atoms with Crippen LogP contribution in [0.3, 0.4) is 0 Å². The zero-order valence-corrected chi connectivity index (χ0v) is 7.16. The van der Waals surface area contributed by atoms with Gasteiger partial charge in [-0.3, -0.25) is 4.57 Å². The number of nitrogens with two attached hydrogens (primary N) is 1. The van der Waals surface area contributed by atoms with Gasteiger partial charge in [0.2, 0.25) is 0 Å². The summed E-state index contributed by atoms with van der Waals surface area (Å²) in [5.74, 6) is 0. The van der Waals surface area contributed by atoms with E-state index in [9.17, 15) is 0 Å². The Bertz CT molecular complexity index is 29.5. The van der Waals surface area contributed by atoms with Crippen molar-refractivity contribution in [3.63, 3.8) is 0 Å². The average molecular weight is 117 g/mol. The molecule has 0 aliphatic heterocycles. The van der Waals surface area contributed by atoms with Gasteiger partial charge in [-0.25, -0.2) is 0 Å². The van der Waals surface area contributed by atoms with Gasteiger partial charge in [-0.05, 0) is 0 Å². The van der Waals surface area contributed by atoms with Gasteiger partial charge < -0.3 is 7.16 Å². The Hall–Kier alpha value is 1.70. The van der Waals surface area contributed by atoms with E-state index in [2.05, 4.69) is 0 Å². The van der Waals surface area contributed by atoms with E-state index in [1.54, 1.807) is 0 Å². The third-order valence-corrected chi connectivity index (χ3v) is 0.224. The normalized spacial score (nSPS) is 6.60. The Morgan fingerprint density at radius 2 is 2.20 bits per heavy atom. The van der Waals surface area contributed by atoms with Crippen molar-refractivity contribution in [1.82, 2.24) is 0 Å². The van der Waals surface area contributed by atoms with Crippen LogP contribution in [0.2, 0.25) is 0 Å². The van der Waals surface area contributed by atoms with E-state index in [4.69, 9.17) is 10.3 Å². The first-order valence-corrected chi connectivity index (χ1v) is 1.90. The first-order valence-electron chi connectivity index (χ1n) is 0.907. The molecule has 5 heavy (non-hydrogen) atoms. The predicted octanol–water partition coefficient (Wildman–Crippen LogP) is -2.69. The second kappa shape index (κ2) is 9.20. The molecule has 0 fully saturated rings. The van der Waals surface area contributed by atoms with E-state index >= 15 is 0 Å². The zero-order valence-electron chi connectivity index (χ0n) is 4.14. The van der Waals surface area contributed by atoms with Crippen LogP contribution in [0, 0.1) is 0 Å². The fourth-order valence-corrected chi connectivity index (χ4v) is 0. The molecule has 0 spiro atoms. The van der Waals surface area contributed by atoms with Gasteiger partial charge in [0.15, 0.2) is 8.46 Å². The van der Waals surface area contributed by atoms with Crippen molar-refractivity contribution < 1.29 is 57.4 Å². The monoisotopic (exact) mass is 117 g/mol. The minimum Gasteiger partial charge on any atom is -1.00 e. The van der Waals surface area contributed by atoms with E-state index in [1.807, 2.05) is 0 Å². The maximum atomic E-state index is 9.15. The summed E-state index contributed by atoms with van der Waals surface area (Å²) >= 11 is 0. The first-order chi connectivity index (χ1) is 1.91. The summed E-state index contributed by atoms with van der Waals surface area (Å²) in [4.78, 5) is 0. The van der Waals surface area contributed by atoms with Gasteiger partial charge >= 0.3 is 51.4 Å². The van der Waals surface area contributed by atoms with Crippen LogP contribution in [0.1, 0.15) is 1.43 Å². The van der Waals surface area contributed by atoms with Crippen molar-refractivity contribution >= 4 is 8.46 Å². The van der Waals surface area contributed by atoms with Gasteiger partial charge in [0.05, 0.1) is 6.29 Å². The van der Waals surface area contributed by atoms with E-state index in [0.717, 1.165) is 0 Å². The summed E-state index contributed by atoms with van der Waals surface area (Å²) in [5, 5.41) is 0. The van der Waals surface area contributed by atoms with E-state index < -0.39 is 0 Å². The topological polar surface area (TPSA) is 43.1 Å². The Labute approximate surface area is 76.6 Å². The van der Waals surface area contributed by atoms with E-state index in [1.165, 1.54) is 0 Å². The fourth-order valence-electron chi connectivity index (χ4n) is 0. The Morgan fingerprint density at radius 3 is 2.20 bits per heavy atom. The van der Waals surface area contributed by atoms with Crippen molar-refractivity contribution in [3.05, 3.63) is 0 Å². The maximum Gasteiger partial charge on any atom is 1.00 e. The van der Waals surface area contributed by atoms with Gasteiger partial charge in [0.1, 0.15) is 0 Å². The zero-order chi connectivity index (χ0) is 3.41. The van der Waals surface area contributed by atoms with Crippen LogP contribution >= 0.6 is 8.46 Å². The van der Waals surface area contributed by atoms with Gasteiger partial charge in [0, 0.05) is 0 Å². The molecule has 0 saturated heterocycles. The SMILES string of the molecule is NCP=O.[H-].[K+]. The van der Waals surface area contributed by atoms with Crippen molar-refractivity contribution in [2.75, 3.05) is 6.29 Å². The second-order valence-electron chi connectivity index (χ2n) is 0.312. The molecular weight excluding hydrogens is 112 g/mol. The first kappa shape index (κ1) is 9.85. The van der Waals surface area contributed by atoms with E-state index in [0.29, 0.717) is 0 Å². The average Bonchev–Trinajstić information content (AvgIpc) is 1.37. The standard InChI is InChI=1S/CH4NOP.K.H/c2-1-4-3;;/h1-2H2;;/q;+1;-1. The quantitative estimate of drug-likeness (QED) is 0.300. The van der Waals surface area contributed by atoms with Crippen LogP contribution in [0.4, 0.5) is 0 Å². The fraction of sp³-hybridized carbons (Fsp3) is 1.00. The molecule has 0 amide bonds. The molecule has 4 heteroatoms. The summed E-state index contributed by atoms with van der Waals surface area (Å²) in [6.07, 6.45) is 0.236. The molecular formula is CH5KNOP. The third kappa shape index (κ3) is 10.7. The van der Waals surface area contributed by atoms with Crippen LogP contribution in [-0.2, 0) is 4.57 Å². The van der Waals surface area contributed by atoms with Gasteiger partial charge in [0.25, 0.3) is 0 Å². The molecule has 0 saturated carbocycles. The molecule has 0 bridgehead atoms. The molecule has 26 valence electrons. The molecule has 0 radical (unpaired) electrons. The van der Waals surface area contributed by atoms with Crippen LogP contribution in [-0.4, -0.2) is 6.29 Å². The molecule has 0 rings (SSSR count). The minimum absolute atomic E-state index is 0. The molecule has 0 heterocycles. The third-order valence-electron chi connectivity index (χ3n) is 0.0745. The molecule has 0 unspecified atom stereocenters. The van der Waals surface area contributed by atoms with Crippen molar-refractivity contribution in [2.24, 2.45) is 5.73 Å². The minimum atomic E-state index is 0. The van der Waals surface area contributed by atoms with Gasteiger partial charge in [-0.15, -0.1) is 0 Å². The molecule has 2 nitrogen and oxygen atoms in total. The summed E-state index contributed by atoms with van der Waals surface area (Å²) in [6, 6.07) is 0. The van der Waals surface area contributed by atoms with Crippen LogP contribution < -0.4 is 57.1 Å².